The summed E-state index contributed by atoms with van der Waals surface area (Å²) in [5.74, 6) is 0.454. The minimum Gasteiger partial charge on any atom is -0.494 e. The van der Waals surface area contributed by atoms with Crippen molar-refractivity contribution in [2.24, 2.45) is 5.92 Å². The van der Waals surface area contributed by atoms with Crippen LogP contribution in [0.5, 0.6) is 5.75 Å². The Hall–Kier alpha value is -1.90. The number of nitrogens with one attached hydrogen (secondary N) is 1. The van der Waals surface area contributed by atoms with Gasteiger partial charge in [-0.25, -0.2) is 8.42 Å². The van der Waals surface area contributed by atoms with Crippen LogP contribution in [0.25, 0.3) is 0 Å². The van der Waals surface area contributed by atoms with E-state index >= 15 is 0 Å². The lowest BCUT2D eigenvalue weighted by Gasteiger charge is -2.31. The van der Waals surface area contributed by atoms with Crippen molar-refractivity contribution < 1.29 is 17.9 Å². The number of ether oxygens (including phenoxy) is 1. The summed E-state index contributed by atoms with van der Waals surface area (Å²) in [5, 5.41) is 2.95. The summed E-state index contributed by atoms with van der Waals surface area (Å²) in [4.78, 5) is 12.8. The van der Waals surface area contributed by atoms with Crippen molar-refractivity contribution >= 4 is 31.9 Å². The fourth-order valence-electron chi connectivity index (χ4n) is 3.42. The first-order chi connectivity index (χ1) is 14.5. The van der Waals surface area contributed by atoms with Gasteiger partial charge in [-0.1, -0.05) is 34.1 Å². The smallest absolute Gasteiger partial charge is 0.243 e. The molecule has 1 amide bonds. The fraction of sp³-hybridized carbons (Fsp3) is 0.409. The number of carbonyl (C=O) groups is 1. The van der Waals surface area contributed by atoms with Gasteiger partial charge in [0.05, 0.1) is 17.4 Å². The number of hydrogen-bond donors (Lipinski definition) is 1. The quantitative estimate of drug-likeness (QED) is 0.537. The summed E-state index contributed by atoms with van der Waals surface area (Å²) in [6, 6.07) is 16.2. The molecule has 1 aliphatic heterocycles. The Labute approximate surface area is 186 Å². The third-order valence-corrected chi connectivity index (χ3v) is 7.50. The van der Waals surface area contributed by atoms with E-state index in [1.165, 1.54) is 4.31 Å². The summed E-state index contributed by atoms with van der Waals surface area (Å²) in [7, 11) is -3.59. The zero-order valence-corrected chi connectivity index (χ0v) is 19.2. The molecule has 1 saturated heterocycles. The molecule has 1 unspecified atom stereocenters. The maximum absolute atomic E-state index is 12.9. The zero-order chi connectivity index (χ0) is 21.4. The van der Waals surface area contributed by atoms with Gasteiger partial charge in [0.25, 0.3) is 0 Å². The van der Waals surface area contributed by atoms with Crippen molar-refractivity contribution in [1.29, 1.82) is 0 Å². The molecule has 8 heteroatoms. The molecule has 1 fully saturated rings. The summed E-state index contributed by atoms with van der Waals surface area (Å²) in [6.45, 7) is 1.83. The molecule has 1 heterocycles. The Kier molecular flexibility index (Phi) is 8.30. The van der Waals surface area contributed by atoms with Gasteiger partial charge >= 0.3 is 0 Å². The number of unbranched alkanes of at least 4 members (excludes halogenated alkanes) is 1. The van der Waals surface area contributed by atoms with E-state index < -0.39 is 10.0 Å². The number of halogens is 1. The van der Waals surface area contributed by atoms with Crippen LogP contribution in [0.2, 0.25) is 0 Å². The zero-order valence-electron chi connectivity index (χ0n) is 16.8. The molecular formula is C22H27BrN2O4S. The number of piperidine rings is 1. The van der Waals surface area contributed by atoms with Crippen molar-refractivity contribution in [3.63, 3.8) is 0 Å². The molecule has 1 N–H and O–H groups in total. The van der Waals surface area contributed by atoms with E-state index in [0.717, 1.165) is 23.1 Å². The molecular weight excluding hydrogens is 468 g/mol. The van der Waals surface area contributed by atoms with Crippen molar-refractivity contribution in [1.82, 2.24) is 9.62 Å². The SMILES string of the molecule is O=C(NCCCCOc1ccccc1)C1CCCN(S(=O)(=O)c2ccc(Br)cc2)C1. The van der Waals surface area contributed by atoms with Gasteiger partial charge in [0, 0.05) is 24.1 Å². The Morgan fingerprint density at radius 3 is 2.57 bits per heavy atom. The van der Waals surface area contributed by atoms with E-state index in [1.807, 2.05) is 30.3 Å². The standard InChI is InChI=1S/C22H27BrN2O4S/c23-19-10-12-21(13-11-19)30(27,28)25-15-6-7-18(17-25)22(26)24-14-4-5-16-29-20-8-2-1-3-9-20/h1-3,8-13,18H,4-7,14-17H2,(H,24,26). The Bertz CT molecular complexity index is 920. The number of sulfonamides is 1. The molecule has 0 spiro atoms. The summed E-state index contributed by atoms with van der Waals surface area (Å²) in [5.41, 5.74) is 0. The van der Waals surface area contributed by atoms with E-state index in [0.29, 0.717) is 32.5 Å². The number of nitrogens with zero attached hydrogens (tertiary/aromatic N) is 1. The Balaban J connectivity index is 1.42. The van der Waals surface area contributed by atoms with Crippen LogP contribution < -0.4 is 10.1 Å². The molecule has 0 aromatic heterocycles. The Morgan fingerprint density at radius 1 is 1.10 bits per heavy atom. The highest BCUT2D eigenvalue weighted by molar-refractivity contribution is 9.10. The number of hydrogen-bond acceptors (Lipinski definition) is 4. The van der Waals surface area contributed by atoms with Crippen LogP contribution in [0.4, 0.5) is 0 Å². The van der Waals surface area contributed by atoms with Crippen LogP contribution in [-0.4, -0.2) is 44.9 Å². The van der Waals surface area contributed by atoms with E-state index in [4.69, 9.17) is 4.74 Å². The minimum atomic E-state index is -3.59. The highest BCUT2D eigenvalue weighted by Crippen LogP contribution is 2.25. The lowest BCUT2D eigenvalue weighted by atomic mass is 9.99. The number of rotatable bonds is 9. The van der Waals surface area contributed by atoms with Crippen LogP contribution in [-0.2, 0) is 14.8 Å². The maximum Gasteiger partial charge on any atom is 0.243 e. The normalized spacial score (nSPS) is 17.4. The molecule has 6 nitrogen and oxygen atoms in total. The first-order valence-corrected chi connectivity index (χ1v) is 12.4. The van der Waals surface area contributed by atoms with Crippen molar-refractivity contribution in [3.05, 3.63) is 59.1 Å². The molecule has 2 aromatic carbocycles. The van der Waals surface area contributed by atoms with Gasteiger partial charge in [0.1, 0.15) is 5.75 Å². The maximum atomic E-state index is 12.9. The molecule has 162 valence electrons. The molecule has 0 bridgehead atoms. The van der Waals surface area contributed by atoms with E-state index in [9.17, 15) is 13.2 Å². The molecule has 1 aliphatic rings. The topological polar surface area (TPSA) is 75.7 Å². The minimum absolute atomic E-state index is 0.0744. The van der Waals surface area contributed by atoms with E-state index in [2.05, 4.69) is 21.2 Å². The van der Waals surface area contributed by atoms with Gasteiger partial charge in [-0.05, 0) is 62.1 Å². The predicted octanol–water partition coefficient (Wildman–Crippen LogP) is 3.83. The first-order valence-electron chi connectivity index (χ1n) is 10.2. The van der Waals surface area contributed by atoms with Gasteiger partial charge in [0.2, 0.25) is 15.9 Å². The highest BCUT2D eigenvalue weighted by atomic mass is 79.9. The first kappa shape index (κ1) is 22.8. The van der Waals surface area contributed by atoms with Crippen LogP contribution in [0.3, 0.4) is 0 Å². The second kappa shape index (κ2) is 10.9. The number of carbonyl (C=O) groups excluding carboxylic acids is 1. The van der Waals surface area contributed by atoms with Gasteiger partial charge in [-0.2, -0.15) is 4.31 Å². The molecule has 2 aromatic rings. The molecule has 0 saturated carbocycles. The summed E-state index contributed by atoms with van der Waals surface area (Å²) < 4.78 is 33.7. The summed E-state index contributed by atoms with van der Waals surface area (Å²) >= 11 is 3.32. The molecule has 1 atom stereocenters. The largest absolute Gasteiger partial charge is 0.494 e. The van der Waals surface area contributed by atoms with Crippen LogP contribution in [0.15, 0.2) is 64.0 Å². The van der Waals surface area contributed by atoms with Crippen molar-refractivity contribution in [2.45, 2.75) is 30.6 Å². The molecule has 3 rings (SSSR count). The molecule has 0 radical (unpaired) electrons. The lowest BCUT2D eigenvalue weighted by Crippen LogP contribution is -2.45. The van der Waals surface area contributed by atoms with Gasteiger partial charge in [0.15, 0.2) is 0 Å². The second-order valence-electron chi connectivity index (χ2n) is 7.32. The summed E-state index contributed by atoms with van der Waals surface area (Å²) in [6.07, 6.45) is 3.03. The third kappa shape index (κ3) is 6.30. The average molecular weight is 495 g/mol. The van der Waals surface area contributed by atoms with E-state index in [1.54, 1.807) is 24.3 Å². The number of benzene rings is 2. The highest BCUT2D eigenvalue weighted by Gasteiger charge is 2.33. The number of amides is 1. The third-order valence-electron chi connectivity index (χ3n) is 5.09. The van der Waals surface area contributed by atoms with Crippen LogP contribution >= 0.6 is 15.9 Å². The van der Waals surface area contributed by atoms with Gasteiger partial charge in [-0.15, -0.1) is 0 Å². The van der Waals surface area contributed by atoms with Crippen molar-refractivity contribution in [3.8, 4) is 5.75 Å². The fourth-order valence-corrected chi connectivity index (χ4v) is 5.21. The van der Waals surface area contributed by atoms with Gasteiger partial charge in [-0.3, -0.25) is 4.79 Å². The number of para-hydroxylation sites is 1. The monoisotopic (exact) mass is 494 g/mol. The Morgan fingerprint density at radius 2 is 1.83 bits per heavy atom. The predicted molar refractivity (Wildman–Crippen MR) is 120 cm³/mol. The van der Waals surface area contributed by atoms with Crippen molar-refractivity contribution in [2.75, 3.05) is 26.2 Å². The second-order valence-corrected chi connectivity index (χ2v) is 10.2. The molecule has 0 aliphatic carbocycles. The van der Waals surface area contributed by atoms with Crippen LogP contribution in [0, 0.1) is 5.92 Å². The van der Waals surface area contributed by atoms with Gasteiger partial charge < -0.3 is 10.1 Å². The van der Waals surface area contributed by atoms with E-state index in [-0.39, 0.29) is 23.3 Å². The van der Waals surface area contributed by atoms with Crippen LogP contribution in [0.1, 0.15) is 25.7 Å². The molecule has 30 heavy (non-hydrogen) atoms. The average Bonchev–Trinajstić information content (AvgIpc) is 2.77. The lowest BCUT2D eigenvalue weighted by molar-refractivity contribution is -0.126.